The Kier molecular flexibility index (Phi) is 4.74. The topological polar surface area (TPSA) is 46.9 Å². The molecule has 2 aromatic heterocycles. The van der Waals surface area contributed by atoms with Gasteiger partial charge >= 0.3 is 0 Å². The number of hydrogen-bond acceptors (Lipinski definition) is 3. The van der Waals surface area contributed by atoms with Crippen molar-refractivity contribution in [3.05, 3.63) is 57.0 Å². The average Bonchev–Trinajstić information content (AvgIpc) is 2.42. The molecule has 0 bridgehead atoms. The molecule has 0 aliphatic carbocycles. The summed E-state index contributed by atoms with van der Waals surface area (Å²) in [6.45, 7) is 3.55. The van der Waals surface area contributed by atoms with Crippen molar-refractivity contribution >= 4 is 21.7 Å². The van der Waals surface area contributed by atoms with Crippen LogP contribution >= 0.6 is 15.9 Å². The van der Waals surface area contributed by atoms with Crippen LogP contribution in [0.1, 0.15) is 18.9 Å². The highest BCUT2D eigenvalue weighted by atomic mass is 79.9. The van der Waals surface area contributed by atoms with Gasteiger partial charge in [-0.15, -0.1) is 0 Å². The van der Waals surface area contributed by atoms with Gasteiger partial charge in [-0.2, -0.15) is 0 Å². The summed E-state index contributed by atoms with van der Waals surface area (Å²) in [6, 6.07) is 7.50. The van der Waals surface area contributed by atoms with E-state index in [2.05, 4.69) is 33.2 Å². The van der Waals surface area contributed by atoms with Gasteiger partial charge in [-0.3, -0.25) is 4.79 Å². The van der Waals surface area contributed by atoms with Crippen molar-refractivity contribution in [2.75, 3.05) is 11.9 Å². The second-order valence-corrected chi connectivity index (χ2v) is 5.12. The summed E-state index contributed by atoms with van der Waals surface area (Å²) in [5.41, 5.74) is 1.02. The Morgan fingerprint density at radius 2 is 2.26 bits per heavy atom. The van der Waals surface area contributed by atoms with Crippen LogP contribution < -0.4 is 10.9 Å². The Hall–Kier alpha value is -1.62. The van der Waals surface area contributed by atoms with Gasteiger partial charge in [0.05, 0.1) is 11.0 Å². The number of nitrogens with zero attached hydrogens (tertiary/aromatic N) is 2. The van der Waals surface area contributed by atoms with E-state index in [0.29, 0.717) is 11.0 Å². The minimum atomic E-state index is -0.0256. The van der Waals surface area contributed by atoms with Gasteiger partial charge in [0.1, 0.15) is 5.82 Å². The second kappa shape index (κ2) is 6.52. The van der Waals surface area contributed by atoms with Crippen LogP contribution in [-0.4, -0.2) is 16.1 Å². The van der Waals surface area contributed by atoms with Gasteiger partial charge in [0.15, 0.2) is 0 Å². The normalized spacial score (nSPS) is 10.4. The summed E-state index contributed by atoms with van der Waals surface area (Å²) >= 11 is 3.25. The molecular weight excluding hydrogens is 306 g/mol. The molecule has 0 spiro atoms. The number of aromatic nitrogens is 2. The van der Waals surface area contributed by atoms with Crippen molar-refractivity contribution in [3.8, 4) is 0 Å². The molecule has 2 rings (SSSR count). The zero-order valence-electron chi connectivity index (χ0n) is 10.8. The second-order valence-electron chi connectivity index (χ2n) is 4.27. The van der Waals surface area contributed by atoms with E-state index in [4.69, 9.17) is 0 Å². The van der Waals surface area contributed by atoms with Crippen LogP contribution in [0.25, 0.3) is 0 Å². The van der Waals surface area contributed by atoms with Gasteiger partial charge in [0, 0.05) is 18.9 Å². The van der Waals surface area contributed by atoms with Crippen LogP contribution in [0.2, 0.25) is 0 Å². The molecule has 4 nitrogen and oxygen atoms in total. The molecule has 0 unspecified atom stereocenters. The molecular formula is C14H16BrN3O. The number of pyridine rings is 2. The molecule has 0 saturated carbocycles. The average molecular weight is 322 g/mol. The predicted octanol–water partition coefficient (Wildman–Crippen LogP) is 2.88. The molecule has 0 fully saturated rings. The Morgan fingerprint density at radius 1 is 1.42 bits per heavy atom. The van der Waals surface area contributed by atoms with Gasteiger partial charge in [0.25, 0.3) is 5.56 Å². The van der Waals surface area contributed by atoms with Gasteiger partial charge in [0.2, 0.25) is 0 Å². The summed E-state index contributed by atoms with van der Waals surface area (Å²) in [5.74, 6) is 0.849. The van der Waals surface area contributed by atoms with Crippen LogP contribution in [0.4, 0.5) is 5.82 Å². The van der Waals surface area contributed by atoms with Gasteiger partial charge < -0.3 is 9.88 Å². The maximum Gasteiger partial charge on any atom is 0.265 e. The zero-order chi connectivity index (χ0) is 13.7. The first-order valence-corrected chi connectivity index (χ1v) is 7.03. The van der Waals surface area contributed by atoms with E-state index >= 15 is 0 Å². The Morgan fingerprint density at radius 3 is 3.05 bits per heavy atom. The molecule has 0 aliphatic rings. The fourth-order valence-corrected chi connectivity index (χ4v) is 2.13. The van der Waals surface area contributed by atoms with Gasteiger partial charge in [-0.1, -0.05) is 6.92 Å². The van der Waals surface area contributed by atoms with Crippen LogP contribution in [0.3, 0.4) is 0 Å². The van der Waals surface area contributed by atoms with Crippen LogP contribution in [0, 0.1) is 0 Å². The number of anilines is 1. The fourth-order valence-electron chi connectivity index (χ4n) is 1.75. The molecule has 0 aliphatic heterocycles. The smallest absolute Gasteiger partial charge is 0.265 e. The highest BCUT2D eigenvalue weighted by Gasteiger charge is 2.02. The van der Waals surface area contributed by atoms with Crippen LogP contribution in [-0.2, 0) is 6.54 Å². The fraction of sp³-hybridized carbons (Fsp3) is 0.286. The van der Waals surface area contributed by atoms with Crippen molar-refractivity contribution in [1.82, 2.24) is 9.55 Å². The lowest BCUT2D eigenvalue weighted by Gasteiger charge is -2.08. The molecule has 0 amide bonds. The summed E-state index contributed by atoms with van der Waals surface area (Å²) in [6.07, 6.45) is 4.60. The Bertz CT molecular complexity index is 610. The summed E-state index contributed by atoms with van der Waals surface area (Å²) < 4.78 is 2.25. The number of hydrogen-bond donors (Lipinski definition) is 1. The van der Waals surface area contributed by atoms with Crippen LogP contribution in [0.15, 0.2) is 45.9 Å². The highest BCUT2D eigenvalue weighted by Crippen LogP contribution is 2.09. The van der Waals surface area contributed by atoms with Gasteiger partial charge in [-0.25, -0.2) is 4.98 Å². The van der Waals surface area contributed by atoms with E-state index in [1.807, 2.05) is 18.2 Å². The molecule has 0 atom stereocenters. The maximum absolute atomic E-state index is 11.9. The summed E-state index contributed by atoms with van der Waals surface area (Å²) in [7, 11) is 0. The van der Waals surface area contributed by atoms with Gasteiger partial charge in [-0.05, 0) is 52.2 Å². The summed E-state index contributed by atoms with van der Waals surface area (Å²) in [4.78, 5) is 16.2. The SMILES string of the molecule is CCCNc1cc(Cn2cccc(Br)c2=O)ccn1. The lowest BCUT2D eigenvalue weighted by molar-refractivity contribution is 0.754. The van der Waals surface area contributed by atoms with E-state index in [1.54, 1.807) is 23.0 Å². The van der Waals surface area contributed by atoms with E-state index < -0.39 is 0 Å². The number of nitrogens with one attached hydrogen (secondary N) is 1. The molecule has 0 saturated heterocycles. The van der Waals surface area contributed by atoms with E-state index in [0.717, 1.165) is 24.3 Å². The Labute approximate surface area is 120 Å². The molecule has 2 aromatic rings. The first-order chi connectivity index (χ1) is 9.20. The molecule has 0 aromatic carbocycles. The van der Waals surface area contributed by atoms with Crippen molar-refractivity contribution in [2.45, 2.75) is 19.9 Å². The number of halogens is 1. The first-order valence-electron chi connectivity index (χ1n) is 6.24. The molecule has 1 N–H and O–H groups in total. The number of rotatable bonds is 5. The zero-order valence-corrected chi connectivity index (χ0v) is 12.4. The quantitative estimate of drug-likeness (QED) is 0.921. The third-order valence-electron chi connectivity index (χ3n) is 2.71. The standard InChI is InChI=1S/C14H16BrN3O/c1-2-6-16-13-9-11(5-7-17-13)10-18-8-3-4-12(15)14(18)19/h3-5,7-9H,2,6,10H2,1H3,(H,16,17). The summed E-state index contributed by atoms with van der Waals surface area (Å²) in [5, 5.41) is 3.24. The highest BCUT2D eigenvalue weighted by molar-refractivity contribution is 9.10. The monoisotopic (exact) mass is 321 g/mol. The lowest BCUT2D eigenvalue weighted by Crippen LogP contribution is -2.20. The largest absolute Gasteiger partial charge is 0.370 e. The first kappa shape index (κ1) is 13.8. The minimum absolute atomic E-state index is 0.0256. The Balaban J connectivity index is 2.19. The van der Waals surface area contributed by atoms with Crippen LogP contribution in [0.5, 0.6) is 0 Å². The predicted molar refractivity (Wildman–Crippen MR) is 80.5 cm³/mol. The van der Waals surface area contributed by atoms with Crippen molar-refractivity contribution in [3.63, 3.8) is 0 Å². The third-order valence-corrected chi connectivity index (χ3v) is 3.31. The third kappa shape index (κ3) is 3.67. The van der Waals surface area contributed by atoms with E-state index in [1.165, 1.54) is 0 Å². The van der Waals surface area contributed by atoms with Crippen molar-refractivity contribution < 1.29 is 0 Å². The molecule has 19 heavy (non-hydrogen) atoms. The molecule has 0 radical (unpaired) electrons. The minimum Gasteiger partial charge on any atom is -0.370 e. The molecule has 5 heteroatoms. The molecule has 2 heterocycles. The van der Waals surface area contributed by atoms with E-state index in [9.17, 15) is 4.79 Å². The van der Waals surface area contributed by atoms with Crippen molar-refractivity contribution in [1.29, 1.82) is 0 Å². The lowest BCUT2D eigenvalue weighted by atomic mass is 10.2. The maximum atomic E-state index is 11.9. The van der Waals surface area contributed by atoms with E-state index in [-0.39, 0.29) is 5.56 Å². The molecule has 100 valence electrons. The van der Waals surface area contributed by atoms with Crippen molar-refractivity contribution in [2.24, 2.45) is 0 Å².